The second kappa shape index (κ2) is 10.1. The number of alkyl carbamates (subject to hydrolysis) is 1. The summed E-state index contributed by atoms with van der Waals surface area (Å²) in [6, 6.07) is 3.27. The molecule has 1 aliphatic rings. The molecule has 12 heteroatoms. The van der Waals surface area contributed by atoms with E-state index in [1.807, 2.05) is 6.92 Å². The fraction of sp³-hybridized carbons (Fsp3) is 0.450. The number of carbonyl (C=O) groups is 3. The Morgan fingerprint density at radius 1 is 1.22 bits per heavy atom. The summed E-state index contributed by atoms with van der Waals surface area (Å²) in [6.45, 7) is 5.83. The normalized spacial score (nSPS) is 15.3. The number of anilines is 1. The highest BCUT2D eigenvalue weighted by Crippen LogP contribution is 2.34. The van der Waals surface area contributed by atoms with E-state index in [1.54, 1.807) is 31.4 Å². The van der Waals surface area contributed by atoms with Gasteiger partial charge >= 0.3 is 6.09 Å². The summed E-state index contributed by atoms with van der Waals surface area (Å²) in [5.41, 5.74) is 0.899. The third kappa shape index (κ3) is 5.20. The summed E-state index contributed by atoms with van der Waals surface area (Å²) >= 11 is 2.42. The summed E-state index contributed by atoms with van der Waals surface area (Å²) in [5.74, 6) is -1.30. The van der Waals surface area contributed by atoms with E-state index >= 15 is 0 Å². The van der Waals surface area contributed by atoms with E-state index < -0.39 is 22.0 Å². The molecule has 1 aliphatic heterocycles. The van der Waals surface area contributed by atoms with Gasteiger partial charge < -0.3 is 10.1 Å². The number of hydrogen-bond donors (Lipinski definition) is 2. The van der Waals surface area contributed by atoms with Gasteiger partial charge in [-0.1, -0.05) is 6.07 Å². The maximum absolute atomic E-state index is 12.9. The largest absolute Gasteiger partial charge is 0.450 e. The molecule has 2 aromatic heterocycles. The highest BCUT2D eigenvalue weighted by atomic mass is 32.2. The molecule has 0 unspecified atom stereocenters. The number of hydrogen-bond acceptors (Lipinski definition) is 8. The zero-order valence-electron chi connectivity index (χ0n) is 18.0. The van der Waals surface area contributed by atoms with Crippen LogP contribution in [0, 0.1) is 19.8 Å². The van der Waals surface area contributed by atoms with E-state index in [0.717, 1.165) is 4.88 Å². The standard InChI is InChI=1S/C20H25N3O6S3/c1-4-29-20(26)22-18(25)16-12(2)13(3)31-19(16)21-17(24)14-7-9-23(10-8-14)32(27,28)15-6-5-11-30-15/h5-6,11,14H,4,7-10H2,1-3H3,(H,21,24)(H,22,25,26). The van der Waals surface area contributed by atoms with Gasteiger partial charge in [0.1, 0.15) is 9.21 Å². The summed E-state index contributed by atoms with van der Waals surface area (Å²) in [5, 5.41) is 7.05. The number of piperidine rings is 1. The highest BCUT2D eigenvalue weighted by molar-refractivity contribution is 7.91. The molecule has 174 valence electrons. The zero-order valence-corrected chi connectivity index (χ0v) is 20.4. The lowest BCUT2D eigenvalue weighted by atomic mass is 9.97. The Morgan fingerprint density at radius 3 is 2.50 bits per heavy atom. The smallest absolute Gasteiger partial charge is 0.414 e. The summed E-state index contributed by atoms with van der Waals surface area (Å²) in [7, 11) is -3.54. The number of sulfonamides is 1. The minimum absolute atomic E-state index is 0.130. The Bertz CT molecular complexity index is 1100. The number of imide groups is 1. The third-order valence-corrected chi connectivity index (χ3v) is 9.65. The van der Waals surface area contributed by atoms with Gasteiger partial charge in [0.25, 0.3) is 15.9 Å². The lowest BCUT2D eigenvalue weighted by molar-refractivity contribution is -0.120. The van der Waals surface area contributed by atoms with E-state index in [0.29, 0.717) is 27.6 Å². The molecule has 32 heavy (non-hydrogen) atoms. The predicted octanol–water partition coefficient (Wildman–Crippen LogP) is 3.35. The first-order valence-electron chi connectivity index (χ1n) is 10.1. The topological polar surface area (TPSA) is 122 Å². The van der Waals surface area contributed by atoms with Crippen LogP contribution in [-0.4, -0.2) is 50.3 Å². The van der Waals surface area contributed by atoms with Crippen molar-refractivity contribution in [2.45, 2.75) is 37.8 Å². The summed E-state index contributed by atoms with van der Waals surface area (Å²) in [6.07, 6.45) is -0.0915. The van der Waals surface area contributed by atoms with Crippen LogP contribution in [0.3, 0.4) is 0 Å². The molecule has 0 bridgehead atoms. The molecule has 0 saturated carbocycles. The van der Waals surface area contributed by atoms with Crippen molar-refractivity contribution in [2.24, 2.45) is 5.92 Å². The lowest BCUT2D eigenvalue weighted by Crippen LogP contribution is -2.41. The monoisotopic (exact) mass is 499 g/mol. The average molecular weight is 500 g/mol. The molecule has 2 N–H and O–H groups in total. The van der Waals surface area contributed by atoms with Crippen LogP contribution in [0.25, 0.3) is 0 Å². The first-order chi connectivity index (χ1) is 15.1. The molecular weight excluding hydrogens is 474 g/mol. The van der Waals surface area contributed by atoms with Gasteiger partial charge in [-0.25, -0.2) is 13.2 Å². The molecule has 1 saturated heterocycles. The van der Waals surface area contributed by atoms with Crippen molar-refractivity contribution < 1.29 is 27.5 Å². The van der Waals surface area contributed by atoms with Crippen molar-refractivity contribution in [1.82, 2.24) is 9.62 Å². The molecule has 0 aromatic carbocycles. The Kier molecular flexibility index (Phi) is 7.70. The van der Waals surface area contributed by atoms with Crippen LogP contribution in [0.15, 0.2) is 21.7 Å². The SMILES string of the molecule is CCOC(=O)NC(=O)c1c(NC(=O)C2CCN(S(=O)(=O)c3cccs3)CC2)sc(C)c1C. The molecule has 0 spiro atoms. The summed E-state index contributed by atoms with van der Waals surface area (Å²) in [4.78, 5) is 37.9. The van der Waals surface area contributed by atoms with Crippen LogP contribution in [0.4, 0.5) is 9.80 Å². The van der Waals surface area contributed by atoms with Crippen molar-refractivity contribution in [3.8, 4) is 0 Å². The van der Waals surface area contributed by atoms with Crippen LogP contribution >= 0.6 is 22.7 Å². The molecule has 3 heterocycles. The maximum atomic E-state index is 12.9. The first-order valence-corrected chi connectivity index (χ1v) is 13.2. The van der Waals surface area contributed by atoms with Gasteiger partial charge in [-0.05, 0) is 50.6 Å². The maximum Gasteiger partial charge on any atom is 0.414 e. The highest BCUT2D eigenvalue weighted by Gasteiger charge is 2.33. The Labute approximate surface area is 194 Å². The van der Waals surface area contributed by atoms with Crippen LogP contribution in [0.1, 0.15) is 40.6 Å². The van der Waals surface area contributed by atoms with Gasteiger partial charge in [-0.15, -0.1) is 22.7 Å². The van der Waals surface area contributed by atoms with Crippen molar-refractivity contribution >= 4 is 55.6 Å². The minimum atomic E-state index is -3.54. The van der Waals surface area contributed by atoms with E-state index in [1.165, 1.54) is 27.0 Å². The molecule has 3 amide bonds. The molecule has 1 fully saturated rings. The van der Waals surface area contributed by atoms with Crippen LogP contribution in [0.2, 0.25) is 0 Å². The molecule has 0 aliphatic carbocycles. The Balaban J connectivity index is 1.66. The number of nitrogens with one attached hydrogen (secondary N) is 2. The van der Waals surface area contributed by atoms with Crippen molar-refractivity contribution in [3.63, 3.8) is 0 Å². The Hall–Kier alpha value is -2.28. The van der Waals surface area contributed by atoms with Crippen LogP contribution in [-0.2, 0) is 19.6 Å². The average Bonchev–Trinajstić information content (AvgIpc) is 3.37. The van der Waals surface area contributed by atoms with E-state index in [2.05, 4.69) is 10.6 Å². The molecule has 3 rings (SSSR count). The molecule has 2 aromatic rings. The number of aryl methyl sites for hydroxylation is 1. The molecule has 9 nitrogen and oxygen atoms in total. The number of rotatable bonds is 6. The number of ether oxygens (including phenoxy) is 1. The van der Waals surface area contributed by atoms with Crippen molar-refractivity contribution in [1.29, 1.82) is 0 Å². The summed E-state index contributed by atoms with van der Waals surface area (Å²) < 4.78 is 31.8. The number of carbonyl (C=O) groups excluding carboxylic acids is 3. The molecule has 0 radical (unpaired) electrons. The predicted molar refractivity (Wildman–Crippen MR) is 123 cm³/mol. The number of amides is 3. The van der Waals surface area contributed by atoms with E-state index in [9.17, 15) is 22.8 Å². The van der Waals surface area contributed by atoms with Crippen LogP contribution in [0.5, 0.6) is 0 Å². The van der Waals surface area contributed by atoms with Crippen molar-refractivity contribution in [2.75, 3.05) is 25.0 Å². The van der Waals surface area contributed by atoms with Gasteiger partial charge in [0.15, 0.2) is 0 Å². The molecular formula is C20H25N3O6S3. The van der Waals surface area contributed by atoms with Gasteiger partial charge in [-0.3, -0.25) is 14.9 Å². The fourth-order valence-electron chi connectivity index (χ4n) is 3.42. The second-order valence-electron chi connectivity index (χ2n) is 7.26. The zero-order chi connectivity index (χ0) is 23.5. The first kappa shape index (κ1) is 24.4. The fourth-order valence-corrected chi connectivity index (χ4v) is 7.10. The van der Waals surface area contributed by atoms with Crippen LogP contribution < -0.4 is 10.6 Å². The quantitative estimate of drug-likeness (QED) is 0.629. The van der Waals surface area contributed by atoms with E-state index in [4.69, 9.17) is 4.74 Å². The molecule has 0 atom stereocenters. The number of thiophene rings is 2. The Morgan fingerprint density at radius 2 is 1.91 bits per heavy atom. The van der Waals surface area contributed by atoms with E-state index in [-0.39, 0.29) is 37.1 Å². The van der Waals surface area contributed by atoms with Gasteiger partial charge in [0, 0.05) is 23.9 Å². The number of nitrogens with zero attached hydrogens (tertiary/aromatic N) is 1. The second-order valence-corrected chi connectivity index (χ2v) is 11.6. The minimum Gasteiger partial charge on any atom is -0.450 e. The lowest BCUT2D eigenvalue weighted by Gasteiger charge is -2.30. The van der Waals surface area contributed by atoms with Gasteiger partial charge in [-0.2, -0.15) is 4.31 Å². The third-order valence-electron chi connectivity index (χ3n) is 5.25. The van der Waals surface area contributed by atoms with Gasteiger partial charge in [0.05, 0.1) is 12.2 Å². The van der Waals surface area contributed by atoms with Gasteiger partial charge in [0.2, 0.25) is 5.91 Å². The van der Waals surface area contributed by atoms with Crippen molar-refractivity contribution in [3.05, 3.63) is 33.5 Å².